The van der Waals surface area contributed by atoms with E-state index in [0.717, 1.165) is 11.0 Å². The minimum atomic E-state index is -5.92. The molecule has 1 unspecified atom stereocenters. The summed E-state index contributed by atoms with van der Waals surface area (Å²) in [5.41, 5.74) is -1.22. The first-order valence-electron chi connectivity index (χ1n) is 11.8. The number of amides is 1. The van der Waals surface area contributed by atoms with Crippen LogP contribution in [0.2, 0.25) is 0 Å². The molecule has 1 aliphatic carbocycles. The van der Waals surface area contributed by atoms with E-state index in [9.17, 15) is 48.2 Å². The first-order valence-corrected chi connectivity index (χ1v) is 15.0. The van der Waals surface area contributed by atoms with Crippen LogP contribution in [0.3, 0.4) is 0 Å². The number of carboxylic acids is 1. The van der Waals surface area contributed by atoms with Crippen LogP contribution in [-0.4, -0.2) is 64.6 Å². The van der Waals surface area contributed by atoms with Crippen molar-refractivity contribution in [3.63, 3.8) is 0 Å². The van der Waals surface area contributed by atoms with E-state index in [2.05, 4.69) is 0 Å². The Kier molecular flexibility index (Phi) is 17.5. The van der Waals surface area contributed by atoms with Gasteiger partial charge < -0.3 is 52.9 Å². The average Bonchev–Trinajstić information content (AvgIpc) is 3.65. The van der Waals surface area contributed by atoms with Gasteiger partial charge in [-0.25, -0.2) is 9.18 Å². The number of carbonyl (C=O) groups excluding carboxylic acids is 1. The largest absolute Gasteiger partial charge is 1.00 e. The fourth-order valence-electron chi connectivity index (χ4n) is 4.93. The number of rotatable bonds is 8. The Balaban J connectivity index is 0.00000441. The molecule has 14 nitrogen and oxygen atoms in total. The van der Waals surface area contributed by atoms with Crippen LogP contribution in [0, 0.1) is 5.82 Å². The molecule has 1 saturated heterocycles. The molecule has 2 aromatic rings. The van der Waals surface area contributed by atoms with Crippen molar-refractivity contribution >= 4 is 43.7 Å². The Hall–Kier alpha value is 1.20. The summed E-state index contributed by atoms with van der Waals surface area (Å²) < 4.78 is 45.2. The van der Waals surface area contributed by atoms with Gasteiger partial charge >= 0.3 is 124 Å². The molecule has 2 heterocycles. The smallest absolute Gasteiger partial charge is 0.810 e. The number of aromatic carboxylic acids is 1. The number of benzene rings is 1. The summed E-state index contributed by atoms with van der Waals surface area (Å²) in [5.74, 6) is -3.39. The van der Waals surface area contributed by atoms with Gasteiger partial charge in [0.1, 0.15) is 11.3 Å². The molecule has 1 saturated carbocycles. The van der Waals surface area contributed by atoms with Crippen molar-refractivity contribution in [1.29, 1.82) is 0 Å². The van der Waals surface area contributed by atoms with Crippen molar-refractivity contribution in [1.82, 2.24) is 9.47 Å². The van der Waals surface area contributed by atoms with Crippen LogP contribution in [0.4, 0.5) is 10.1 Å². The first-order chi connectivity index (χ1) is 18.1. The second-order valence-corrected chi connectivity index (χ2v) is 13.4. The van der Waals surface area contributed by atoms with Crippen molar-refractivity contribution in [2.24, 2.45) is 0 Å². The molecule has 1 amide bonds. The number of aromatic nitrogens is 1. The predicted octanol–water partition coefficient (Wildman–Crippen LogP) is -13.2. The number of hydrogen-bond donors (Lipinski definition) is 1. The standard InChI is InChI=1S/C22H28FN3O11P2.4Na/c1-11-9-24(5-6-25(11)16(27)8-17(38(31,32)33)39(34,35)36)19-15(23)7-13-18(21(19)37-2)26(12-3-4-12)10-14(20(13)28)22(29)30;;;;/h7,10-12,17H,3-6,8-9H2,1-2H3,(H,29,30)(H2,31,32,33)(H2,34,35,36);;;;/q;4*+1/p-4. The summed E-state index contributed by atoms with van der Waals surface area (Å²) in [7, 11) is -10.6. The number of hydrogen-bond acceptors (Lipinski definition) is 11. The molecule has 214 valence electrons. The molecule has 0 bridgehead atoms. The summed E-state index contributed by atoms with van der Waals surface area (Å²) in [6, 6.07) is 0.0751. The molecular weight excluding hydrogens is 655 g/mol. The van der Waals surface area contributed by atoms with E-state index in [-0.39, 0.29) is 166 Å². The van der Waals surface area contributed by atoms with Crippen LogP contribution >= 0.6 is 15.2 Å². The van der Waals surface area contributed by atoms with Gasteiger partial charge in [0.15, 0.2) is 11.6 Å². The molecular formula is C22H24FN3Na4O11P2. The Morgan fingerprint density at radius 3 is 2.09 bits per heavy atom. The van der Waals surface area contributed by atoms with E-state index >= 15 is 4.39 Å². The fraction of sp³-hybridized carbons (Fsp3) is 0.500. The summed E-state index contributed by atoms with van der Waals surface area (Å²) in [6.45, 7) is 1.28. The van der Waals surface area contributed by atoms with Crippen molar-refractivity contribution in [3.05, 3.63) is 33.9 Å². The molecule has 1 aromatic carbocycles. The van der Waals surface area contributed by atoms with Gasteiger partial charge in [-0.15, -0.1) is 0 Å². The number of carboxylic acid groups (broad SMARTS) is 1. The molecule has 43 heavy (non-hydrogen) atoms. The maximum absolute atomic E-state index is 15.5. The minimum Gasteiger partial charge on any atom is -0.810 e. The van der Waals surface area contributed by atoms with Gasteiger partial charge in [0, 0.05) is 49.7 Å². The normalized spacial score (nSPS) is 16.9. The topological polar surface area (TPSA) is 218 Å². The van der Waals surface area contributed by atoms with Crippen LogP contribution in [0.25, 0.3) is 10.9 Å². The van der Waals surface area contributed by atoms with Gasteiger partial charge in [0.25, 0.3) is 0 Å². The second kappa shape index (κ2) is 17.0. The van der Waals surface area contributed by atoms with E-state index in [1.54, 1.807) is 4.57 Å². The monoisotopic (exact) mass is 679 g/mol. The van der Waals surface area contributed by atoms with Crippen LogP contribution in [0.5, 0.6) is 5.75 Å². The van der Waals surface area contributed by atoms with Crippen LogP contribution in [0.1, 0.15) is 42.6 Å². The first kappa shape index (κ1) is 44.2. The zero-order valence-corrected chi connectivity index (χ0v) is 34.6. The summed E-state index contributed by atoms with van der Waals surface area (Å²) in [6.07, 6.45) is 1.31. The SMILES string of the molecule is COc1c(N2CCN(C(=O)CC(P(=O)([O-])[O-])P(=O)([O-])[O-])C(C)C2)c(F)cc2c(=O)c(C(=O)O)cn(C3CC3)c12.[Na+].[Na+].[Na+].[Na+]. The van der Waals surface area contributed by atoms with Crippen molar-refractivity contribution in [3.8, 4) is 5.75 Å². The number of piperazine rings is 1. The van der Waals surface area contributed by atoms with Gasteiger partial charge in [-0.05, 0) is 25.8 Å². The van der Waals surface area contributed by atoms with Crippen LogP contribution in [-0.2, 0) is 13.9 Å². The number of methoxy groups -OCH3 is 1. The Bertz CT molecular complexity index is 1490. The van der Waals surface area contributed by atoms with E-state index in [1.165, 1.54) is 25.1 Å². The van der Waals surface area contributed by atoms with Gasteiger partial charge in [0.2, 0.25) is 11.3 Å². The summed E-state index contributed by atoms with van der Waals surface area (Å²) >= 11 is 0. The van der Waals surface area contributed by atoms with Gasteiger partial charge in [0.05, 0.1) is 18.0 Å². The maximum Gasteiger partial charge on any atom is 1.00 e. The third-order valence-electron chi connectivity index (χ3n) is 6.92. The number of halogens is 1. The zero-order chi connectivity index (χ0) is 29.0. The van der Waals surface area contributed by atoms with Crippen molar-refractivity contribution < 1.29 is 171 Å². The van der Waals surface area contributed by atoms with Crippen molar-refractivity contribution in [2.75, 3.05) is 31.6 Å². The predicted molar refractivity (Wildman–Crippen MR) is 127 cm³/mol. The van der Waals surface area contributed by atoms with Gasteiger partial charge in [-0.1, -0.05) is 15.2 Å². The molecule has 21 heteroatoms. The molecule has 1 N–H and O–H groups in total. The molecule has 2 aliphatic rings. The molecule has 0 spiro atoms. The van der Waals surface area contributed by atoms with E-state index in [0.29, 0.717) is 12.8 Å². The zero-order valence-electron chi connectivity index (χ0n) is 24.8. The number of ether oxygens (including phenoxy) is 1. The van der Waals surface area contributed by atoms with Crippen LogP contribution in [0.15, 0.2) is 17.1 Å². The Labute approximate surface area is 334 Å². The number of carbonyl (C=O) groups is 2. The number of fused-ring (bicyclic) bond motifs is 1. The number of pyridine rings is 1. The average molecular weight is 679 g/mol. The molecule has 1 aliphatic heterocycles. The van der Waals surface area contributed by atoms with Crippen molar-refractivity contribution in [2.45, 2.75) is 43.7 Å². The van der Waals surface area contributed by atoms with E-state index in [1.807, 2.05) is 0 Å². The third-order valence-corrected chi connectivity index (χ3v) is 10.4. The fourth-order valence-corrected chi connectivity index (χ4v) is 7.07. The number of nitrogens with zero attached hydrogens (tertiary/aromatic N) is 3. The third kappa shape index (κ3) is 9.64. The molecule has 1 atom stereocenters. The Morgan fingerprint density at radius 1 is 1.09 bits per heavy atom. The molecule has 4 rings (SSSR count). The van der Waals surface area contributed by atoms with Gasteiger partial charge in [-0.2, -0.15) is 0 Å². The summed E-state index contributed by atoms with van der Waals surface area (Å²) in [5, 5.41) is 6.37. The van der Waals surface area contributed by atoms with Gasteiger partial charge in [-0.3, -0.25) is 9.59 Å². The van der Waals surface area contributed by atoms with E-state index < -0.39 is 61.7 Å². The Morgan fingerprint density at radius 2 is 1.65 bits per heavy atom. The maximum atomic E-state index is 15.5. The summed E-state index contributed by atoms with van der Waals surface area (Å²) in [4.78, 5) is 85.0. The second-order valence-electron chi connectivity index (χ2n) is 9.60. The quantitative estimate of drug-likeness (QED) is 0.203. The number of anilines is 1. The molecule has 1 aromatic heterocycles. The minimum absolute atomic E-state index is 0. The molecule has 2 fully saturated rings. The van der Waals surface area contributed by atoms with E-state index in [4.69, 9.17) is 4.74 Å². The van der Waals surface area contributed by atoms with Crippen LogP contribution < -0.4 is 153 Å². The molecule has 0 radical (unpaired) electrons.